The number of amides is 1. The van der Waals surface area contributed by atoms with Crippen LogP contribution in [0.2, 0.25) is 0 Å². The van der Waals surface area contributed by atoms with E-state index in [0.717, 1.165) is 32.2 Å². The summed E-state index contributed by atoms with van der Waals surface area (Å²) in [4.78, 5) is 23.4. The van der Waals surface area contributed by atoms with Crippen molar-refractivity contribution in [1.29, 1.82) is 0 Å². The van der Waals surface area contributed by atoms with E-state index < -0.39 is 5.60 Å². The fourth-order valence-electron chi connectivity index (χ4n) is 1.72. The molecule has 1 aliphatic rings. The van der Waals surface area contributed by atoms with Gasteiger partial charge in [0, 0.05) is 19.5 Å². The lowest BCUT2D eigenvalue weighted by molar-refractivity contribution is -0.108. The van der Waals surface area contributed by atoms with Crippen LogP contribution in [0.1, 0.15) is 40.0 Å². The van der Waals surface area contributed by atoms with E-state index in [1.54, 1.807) is 4.90 Å². The summed E-state index contributed by atoms with van der Waals surface area (Å²) in [6.07, 6.45) is 3.31. The van der Waals surface area contributed by atoms with Gasteiger partial charge >= 0.3 is 6.09 Å². The van der Waals surface area contributed by atoms with E-state index in [-0.39, 0.29) is 6.09 Å². The summed E-state index contributed by atoms with van der Waals surface area (Å²) in [5, 5.41) is 0. The Balaban J connectivity index is 2.15. The number of hydrogen-bond acceptors (Lipinski definition) is 3. The van der Waals surface area contributed by atoms with Gasteiger partial charge < -0.3 is 14.4 Å². The van der Waals surface area contributed by atoms with Gasteiger partial charge in [0.15, 0.2) is 0 Å². The normalized spacial score (nSPS) is 16.8. The molecule has 1 fully saturated rings. The SMILES string of the molecule is CC(C)(C)OC(=O)N1CC(CCCC=O)C1. The second kappa shape index (κ2) is 5.32. The second-order valence-electron chi connectivity index (χ2n) is 5.35. The molecule has 0 saturated carbocycles. The molecule has 4 nitrogen and oxygen atoms in total. The van der Waals surface area contributed by atoms with Gasteiger partial charge in [-0.05, 0) is 39.5 Å². The minimum Gasteiger partial charge on any atom is -0.444 e. The molecular formula is C12H21NO3. The Morgan fingerprint density at radius 1 is 1.44 bits per heavy atom. The van der Waals surface area contributed by atoms with Crippen LogP contribution in [-0.4, -0.2) is 36.0 Å². The first-order valence-corrected chi connectivity index (χ1v) is 5.84. The van der Waals surface area contributed by atoms with E-state index in [0.29, 0.717) is 12.3 Å². The van der Waals surface area contributed by atoms with Crippen molar-refractivity contribution in [3.63, 3.8) is 0 Å². The van der Waals surface area contributed by atoms with Crippen LogP contribution in [0.15, 0.2) is 0 Å². The summed E-state index contributed by atoms with van der Waals surface area (Å²) < 4.78 is 5.25. The highest BCUT2D eigenvalue weighted by Crippen LogP contribution is 2.23. The number of aldehydes is 1. The Morgan fingerprint density at radius 2 is 2.06 bits per heavy atom. The molecule has 0 N–H and O–H groups in total. The highest BCUT2D eigenvalue weighted by atomic mass is 16.6. The molecule has 0 aromatic rings. The van der Waals surface area contributed by atoms with Gasteiger partial charge in [-0.1, -0.05) is 0 Å². The van der Waals surface area contributed by atoms with Crippen LogP contribution in [0.25, 0.3) is 0 Å². The Hall–Kier alpha value is -1.06. The molecule has 0 atom stereocenters. The van der Waals surface area contributed by atoms with Gasteiger partial charge in [-0.15, -0.1) is 0 Å². The molecule has 0 aromatic carbocycles. The number of likely N-dealkylation sites (tertiary alicyclic amines) is 1. The van der Waals surface area contributed by atoms with Gasteiger partial charge in [-0.3, -0.25) is 0 Å². The lowest BCUT2D eigenvalue weighted by Crippen LogP contribution is -2.51. The summed E-state index contributed by atoms with van der Waals surface area (Å²) in [5.41, 5.74) is -0.417. The third kappa shape index (κ3) is 4.21. The summed E-state index contributed by atoms with van der Waals surface area (Å²) in [6.45, 7) is 7.15. The molecule has 0 unspecified atom stereocenters. The highest BCUT2D eigenvalue weighted by molar-refractivity contribution is 5.69. The van der Waals surface area contributed by atoms with Crippen molar-refractivity contribution in [2.45, 2.75) is 45.6 Å². The van der Waals surface area contributed by atoms with Crippen LogP contribution in [0.4, 0.5) is 4.79 Å². The molecule has 0 aromatic heterocycles. The molecular weight excluding hydrogens is 206 g/mol. The summed E-state index contributed by atoms with van der Waals surface area (Å²) in [6, 6.07) is 0. The maximum absolute atomic E-state index is 11.6. The van der Waals surface area contributed by atoms with Crippen molar-refractivity contribution in [3.8, 4) is 0 Å². The number of carbonyl (C=O) groups is 2. The zero-order chi connectivity index (χ0) is 12.2. The standard InChI is InChI=1S/C12H21NO3/c1-12(2,3)16-11(15)13-8-10(9-13)6-4-5-7-14/h7,10H,4-6,8-9H2,1-3H3. The number of carbonyl (C=O) groups excluding carboxylic acids is 2. The minimum atomic E-state index is -0.417. The van der Waals surface area contributed by atoms with Crippen LogP contribution in [-0.2, 0) is 9.53 Å². The van der Waals surface area contributed by atoms with E-state index in [9.17, 15) is 9.59 Å². The molecule has 0 aliphatic carbocycles. The van der Waals surface area contributed by atoms with Crippen molar-refractivity contribution < 1.29 is 14.3 Å². The van der Waals surface area contributed by atoms with Crippen molar-refractivity contribution >= 4 is 12.4 Å². The molecule has 92 valence electrons. The third-order valence-electron chi connectivity index (χ3n) is 2.54. The van der Waals surface area contributed by atoms with Crippen molar-refractivity contribution in [2.75, 3.05) is 13.1 Å². The smallest absolute Gasteiger partial charge is 0.410 e. The molecule has 0 spiro atoms. The van der Waals surface area contributed by atoms with Gasteiger partial charge in [-0.2, -0.15) is 0 Å². The van der Waals surface area contributed by atoms with E-state index in [4.69, 9.17) is 4.74 Å². The molecule has 0 radical (unpaired) electrons. The first-order chi connectivity index (χ1) is 7.42. The highest BCUT2D eigenvalue weighted by Gasteiger charge is 2.32. The fourth-order valence-corrected chi connectivity index (χ4v) is 1.72. The van der Waals surface area contributed by atoms with E-state index in [1.165, 1.54) is 0 Å². The monoisotopic (exact) mass is 227 g/mol. The molecule has 0 bridgehead atoms. The number of nitrogens with zero attached hydrogens (tertiary/aromatic N) is 1. The summed E-state index contributed by atoms with van der Waals surface area (Å²) >= 11 is 0. The maximum atomic E-state index is 11.6. The lowest BCUT2D eigenvalue weighted by atomic mass is 9.94. The largest absolute Gasteiger partial charge is 0.444 e. The van der Waals surface area contributed by atoms with E-state index in [2.05, 4.69) is 0 Å². The second-order valence-corrected chi connectivity index (χ2v) is 5.35. The lowest BCUT2D eigenvalue weighted by Gasteiger charge is -2.39. The number of unbranched alkanes of at least 4 members (excludes halogenated alkanes) is 1. The Labute approximate surface area is 96.9 Å². The molecule has 1 rings (SSSR count). The number of ether oxygens (including phenoxy) is 1. The first-order valence-electron chi connectivity index (χ1n) is 5.84. The summed E-state index contributed by atoms with van der Waals surface area (Å²) in [7, 11) is 0. The first kappa shape index (κ1) is 13.0. The van der Waals surface area contributed by atoms with Crippen LogP contribution in [0.5, 0.6) is 0 Å². The molecule has 1 saturated heterocycles. The van der Waals surface area contributed by atoms with Crippen LogP contribution >= 0.6 is 0 Å². The number of hydrogen-bond donors (Lipinski definition) is 0. The minimum absolute atomic E-state index is 0.223. The van der Waals surface area contributed by atoms with E-state index in [1.807, 2.05) is 20.8 Å². The average Bonchev–Trinajstić information content (AvgIpc) is 2.05. The predicted octanol–water partition coefficient (Wildman–Crippen LogP) is 2.22. The zero-order valence-electron chi connectivity index (χ0n) is 10.4. The van der Waals surface area contributed by atoms with Gasteiger partial charge in [0.05, 0.1) is 0 Å². The van der Waals surface area contributed by atoms with Crippen molar-refractivity contribution in [3.05, 3.63) is 0 Å². The quantitative estimate of drug-likeness (QED) is 0.546. The van der Waals surface area contributed by atoms with Crippen LogP contribution in [0, 0.1) is 5.92 Å². The van der Waals surface area contributed by atoms with E-state index >= 15 is 0 Å². The van der Waals surface area contributed by atoms with Gasteiger partial charge in [-0.25, -0.2) is 4.79 Å². The van der Waals surface area contributed by atoms with Crippen molar-refractivity contribution in [1.82, 2.24) is 4.90 Å². The molecule has 4 heteroatoms. The van der Waals surface area contributed by atoms with Gasteiger partial charge in [0.1, 0.15) is 11.9 Å². The Morgan fingerprint density at radius 3 is 2.56 bits per heavy atom. The Kier molecular flexibility index (Phi) is 4.33. The molecule has 1 aliphatic heterocycles. The third-order valence-corrected chi connectivity index (χ3v) is 2.54. The molecule has 1 amide bonds. The fraction of sp³-hybridized carbons (Fsp3) is 0.833. The maximum Gasteiger partial charge on any atom is 0.410 e. The summed E-state index contributed by atoms with van der Waals surface area (Å²) in [5.74, 6) is 0.549. The van der Waals surface area contributed by atoms with Crippen LogP contribution < -0.4 is 0 Å². The van der Waals surface area contributed by atoms with Gasteiger partial charge in [0.25, 0.3) is 0 Å². The molecule has 16 heavy (non-hydrogen) atoms. The Bertz CT molecular complexity index is 251. The average molecular weight is 227 g/mol. The predicted molar refractivity (Wildman–Crippen MR) is 61.2 cm³/mol. The molecule has 1 heterocycles. The van der Waals surface area contributed by atoms with Crippen molar-refractivity contribution in [2.24, 2.45) is 5.92 Å². The topological polar surface area (TPSA) is 46.6 Å². The zero-order valence-corrected chi connectivity index (χ0v) is 10.4. The van der Waals surface area contributed by atoms with Crippen LogP contribution in [0.3, 0.4) is 0 Å². The van der Waals surface area contributed by atoms with Gasteiger partial charge in [0.2, 0.25) is 0 Å². The number of rotatable bonds is 4.